The number of amides is 2. The Labute approximate surface area is 161 Å². The number of aryl methyl sites for hydroxylation is 1. The predicted octanol–water partition coefficient (Wildman–Crippen LogP) is 4.49. The van der Waals surface area contributed by atoms with E-state index < -0.39 is 0 Å². The standard InChI is InChI=1S/C21H19N3O2S/c1-12-5-3-4-6-16(12)23-20(26)19-13(2)18-15(14-7-9-22-10-8-14)11-17(25)24-21(18)27-19/h3-10,15H,11H2,1-2H3,(H,23,26)(H,24,25)/t15-/m1/s1. The van der Waals surface area contributed by atoms with Crippen LogP contribution in [0.3, 0.4) is 0 Å². The second-order valence-corrected chi connectivity index (χ2v) is 7.67. The molecule has 1 aliphatic heterocycles. The molecule has 0 unspecified atom stereocenters. The number of benzene rings is 1. The number of para-hydroxylation sites is 1. The number of carbonyl (C=O) groups excluding carboxylic acids is 2. The van der Waals surface area contributed by atoms with Gasteiger partial charge in [-0.3, -0.25) is 14.6 Å². The molecule has 2 N–H and O–H groups in total. The number of carbonyl (C=O) groups is 2. The summed E-state index contributed by atoms with van der Waals surface area (Å²) in [7, 11) is 0. The highest BCUT2D eigenvalue weighted by Gasteiger charge is 2.32. The van der Waals surface area contributed by atoms with E-state index in [1.54, 1.807) is 12.4 Å². The summed E-state index contributed by atoms with van der Waals surface area (Å²) in [6, 6.07) is 11.5. The van der Waals surface area contributed by atoms with Crippen LogP contribution in [0, 0.1) is 13.8 Å². The number of nitrogens with zero attached hydrogens (tertiary/aromatic N) is 1. The smallest absolute Gasteiger partial charge is 0.266 e. The van der Waals surface area contributed by atoms with Crippen LogP contribution in [0.1, 0.15) is 44.3 Å². The largest absolute Gasteiger partial charge is 0.321 e. The van der Waals surface area contributed by atoms with Crippen LogP contribution in [0.15, 0.2) is 48.8 Å². The first-order valence-electron chi connectivity index (χ1n) is 8.74. The van der Waals surface area contributed by atoms with Gasteiger partial charge in [0, 0.05) is 30.4 Å². The van der Waals surface area contributed by atoms with E-state index >= 15 is 0 Å². The number of anilines is 2. The van der Waals surface area contributed by atoms with Crippen molar-refractivity contribution >= 4 is 33.8 Å². The molecule has 3 heterocycles. The Balaban J connectivity index is 1.72. The monoisotopic (exact) mass is 377 g/mol. The Bertz CT molecular complexity index is 1030. The minimum Gasteiger partial charge on any atom is -0.321 e. The zero-order valence-electron chi connectivity index (χ0n) is 15.1. The van der Waals surface area contributed by atoms with Crippen molar-refractivity contribution in [3.63, 3.8) is 0 Å². The van der Waals surface area contributed by atoms with Gasteiger partial charge in [0.05, 0.1) is 9.88 Å². The minimum atomic E-state index is -0.149. The maximum atomic E-state index is 12.9. The second kappa shape index (κ2) is 6.96. The van der Waals surface area contributed by atoms with Crippen molar-refractivity contribution in [2.45, 2.75) is 26.2 Å². The van der Waals surface area contributed by atoms with Gasteiger partial charge in [0.25, 0.3) is 5.91 Å². The van der Waals surface area contributed by atoms with Crippen LogP contribution >= 0.6 is 11.3 Å². The zero-order chi connectivity index (χ0) is 19.0. The van der Waals surface area contributed by atoms with Crippen molar-refractivity contribution in [1.29, 1.82) is 0 Å². The first-order valence-corrected chi connectivity index (χ1v) is 9.56. The number of pyridine rings is 1. The third kappa shape index (κ3) is 3.24. The topological polar surface area (TPSA) is 71.1 Å². The SMILES string of the molecule is Cc1ccccc1NC(=O)c1sc2c(c1C)[C@@H](c1ccncc1)CC(=O)N2. The number of rotatable bonds is 3. The highest BCUT2D eigenvalue weighted by molar-refractivity contribution is 7.18. The average Bonchev–Trinajstić information content (AvgIpc) is 3.00. The van der Waals surface area contributed by atoms with E-state index in [4.69, 9.17) is 0 Å². The van der Waals surface area contributed by atoms with Crippen LogP contribution in [0.4, 0.5) is 10.7 Å². The summed E-state index contributed by atoms with van der Waals surface area (Å²) in [6.07, 6.45) is 3.83. The number of nitrogens with one attached hydrogen (secondary N) is 2. The van der Waals surface area contributed by atoms with Crippen molar-refractivity contribution in [2.75, 3.05) is 10.6 Å². The maximum Gasteiger partial charge on any atom is 0.266 e. The normalized spacial score (nSPS) is 15.8. The summed E-state index contributed by atoms with van der Waals surface area (Å²) >= 11 is 1.34. The molecule has 136 valence electrons. The molecule has 1 aliphatic rings. The molecule has 3 aromatic rings. The summed E-state index contributed by atoms with van der Waals surface area (Å²) in [4.78, 5) is 29.8. The molecule has 4 rings (SSSR count). The number of thiophene rings is 1. The fourth-order valence-electron chi connectivity index (χ4n) is 3.49. The van der Waals surface area contributed by atoms with Crippen molar-refractivity contribution in [2.24, 2.45) is 0 Å². The lowest BCUT2D eigenvalue weighted by atomic mass is 9.85. The van der Waals surface area contributed by atoms with Crippen LogP contribution < -0.4 is 10.6 Å². The van der Waals surface area contributed by atoms with Crippen LogP contribution in [0.5, 0.6) is 0 Å². The zero-order valence-corrected chi connectivity index (χ0v) is 15.9. The Kier molecular flexibility index (Phi) is 4.49. The van der Waals surface area contributed by atoms with Gasteiger partial charge in [0.1, 0.15) is 0 Å². The predicted molar refractivity (Wildman–Crippen MR) is 108 cm³/mol. The van der Waals surface area contributed by atoms with E-state index in [2.05, 4.69) is 15.6 Å². The first kappa shape index (κ1) is 17.4. The van der Waals surface area contributed by atoms with Crippen LogP contribution in [0.25, 0.3) is 0 Å². The number of hydrogen-bond acceptors (Lipinski definition) is 4. The van der Waals surface area contributed by atoms with E-state index in [-0.39, 0.29) is 17.7 Å². The number of hydrogen-bond donors (Lipinski definition) is 2. The fourth-order valence-corrected chi connectivity index (χ4v) is 4.67. The van der Waals surface area contributed by atoms with Gasteiger partial charge >= 0.3 is 0 Å². The van der Waals surface area contributed by atoms with Gasteiger partial charge in [-0.15, -0.1) is 11.3 Å². The highest BCUT2D eigenvalue weighted by Crippen LogP contribution is 2.45. The van der Waals surface area contributed by atoms with Gasteiger partial charge in [-0.05, 0) is 54.3 Å². The van der Waals surface area contributed by atoms with Crippen molar-refractivity contribution in [1.82, 2.24) is 4.98 Å². The average molecular weight is 377 g/mol. The van der Waals surface area contributed by atoms with E-state index in [0.29, 0.717) is 11.3 Å². The van der Waals surface area contributed by atoms with E-state index in [1.807, 2.05) is 50.2 Å². The second-order valence-electron chi connectivity index (χ2n) is 6.65. The molecule has 0 spiro atoms. The van der Waals surface area contributed by atoms with Gasteiger partial charge in [-0.1, -0.05) is 18.2 Å². The lowest BCUT2D eigenvalue weighted by molar-refractivity contribution is -0.116. The highest BCUT2D eigenvalue weighted by atomic mass is 32.1. The van der Waals surface area contributed by atoms with E-state index in [0.717, 1.165) is 32.9 Å². The Hall–Kier alpha value is -2.99. The van der Waals surface area contributed by atoms with Crippen molar-refractivity contribution in [3.8, 4) is 0 Å². The molecule has 0 saturated heterocycles. The molecule has 2 amide bonds. The molecule has 1 aromatic carbocycles. The van der Waals surface area contributed by atoms with Gasteiger partial charge in [-0.25, -0.2) is 0 Å². The van der Waals surface area contributed by atoms with Gasteiger partial charge in [0.15, 0.2) is 0 Å². The van der Waals surface area contributed by atoms with Crippen LogP contribution in [0.2, 0.25) is 0 Å². The lowest BCUT2D eigenvalue weighted by Crippen LogP contribution is -2.22. The Morgan fingerprint density at radius 2 is 1.93 bits per heavy atom. The first-order chi connectivity index (χ1) is 13.0. The van der Waals surface area contributed by atoms with Gasteiger partial charge < -0.3 is 10.6 Å². The van der Waals surface area contributed by atoms with Crippen LogP contribution in [-0.4, -0.2) is 16.8 Å². The molecule has 6 heteroatoms. The summed E-state index contributed by atoms with van der Waals surface area (Å²) in [5.74, 6) is -0.242. The summed E-state index contributed by atoms with van der Waals surface area (Å²) in [5.41, 5.74) is 4.78. The molecule has 0 radical (unpaired) electrons. The third-order valence-corrected chi connectivity index (χ3v) is 6.11. The quantitative estimate of drug-likeness (QED) is 0.707. The Morgan fingerprint density at radius 1 is 1.19 bits per heavy atom. The van der Waals surface area contributed by atoms with Gasteiger partial charge in [-0.2, -0.15) is 0 Å². The number of fused-ring (bicyclic) bond motifs is 1. The van der Waals surface area contributed by atoms with Crippen LogP contribution in [-0.2, 0) is 4.79 Å². The van der Waals surface area contributed by atoms with E-state index in [9.17, 15) is 9.59 Å². The fraction of sp³-hybridized carbons (Fsp3) is 0.190. The molecular formula is C21H19N3O2S. The van der Waals surface area contributed by atoms with E-state index in [1.165, 1.54) is 11.3 Å². The molecule has 0 fully saturated rings. The number of aromatic nitrogens is 1. The molecule has 1 atom stereocenters. The van der Waals surface area contributed by atoms with Gasteiger partial charge in [0.2, 0.25) is 5.91 Å². The molecule has 0 aliphatic carbocycles. The third-order valence-electron chi connectivity index (χ3n) is 4.89. The molecule has 5 nitrogen and oxygen atoms in total. The van der Waals surface area contributed by atoms with Crippen molar-refractivity contribution < 1.29 is 9.59 Å². The molecular weight excluding hydrogens is 358 g/mol. The summed E-state index contributed by atoms with van der Waals surface area (Å²) in [6.45, 7) is 3.91. The molecule has 0 saturated carbocycles. The lowest BCUT2D eigenvalue weighted by Gasteiger charge is -2.24. The minimum absolute atomic E-state index is 0.0311. The molecule has 27 heavy (non-hydrogen) atoms. The summed E-state index contributed by atoms with van der Waals surface area (Å²) in [5, 5.41) is 6.69. The molecule has 2 aromatic heterocycles. The maximum absolute atomic E-state index is 12.9. The Morgan fingerprint density at radius 3 is 2.67 bits per heavy atom. The molecule has 0 bridgehead atoms. The van der Waals surface area contributed by atoms with Crippen molar-refractivity contribution in [3.05, 3.63) is 75.9 Å². The summed E-state index contributed by atoms with van der Waals surface area (Å²) < 4.78 is 0.